The maximum Gasteiger partial charge on any atom is 0.512 e. The second-order valence-corrected chi connectivity index (χ2v) is 2.98. The standard InChI is InChI=1S/C10H9N3O3/c14-10(15)16-9-6-8(12-13-9)11-7-4-2-1-3-5-7/h1-6H,(H,14,15)(H2,11,12,13). The van der Waals surface area contributed by atoms with E-state index < -0.39 is 6.16 Å². The normalized spacial score (nSPS) is 9.75. The van der Waals surface area contributed by atoms with E-state index in [9.17, 15) is 4.79 Å². The number of rotatable bonds is 3. The van der Waals surface area contributed by atoms with Gasteiger partial charge in [0.05, 0.1) is 0 Å². The number of carbonyl (C=O) groups is 1. The van der Waals surface area contributed by atoms with Crippen molar-refractivity contribution < 1.29 is 14.6 Å². The Hall–Kier alpha value is -2.50. The fraction of sp³-hybridized carbons (Fsp3) is 0. The van der Waals surface area contributed by atoms with Crippen molar-refractivity contribution in [3.05, 3.63) is 36.4 Å². The van der Waals surface area contributed by atoms with Crippen LogP contribution in [0.25, 0.3) is 0 Å². The lowest BCUT2D eigenvalue weighted by molar-refractivity contribution is 0.142. The summed E-state index contributed by atoms with van der Waals surface area (Å²) >= 11 is 0. The summed E-state index contributed by atoms with van der Waals surface area (Å²) in [6, 6.07) is 10.8. The molecule has 1 heterocycles. The van der Waals surface area contributed by atoms with Crippen LogP contribution in [0.2, 0.25) is 0 Å². The Bertz CT molecular complexity index is 481. The highest BCUT2D eigenvalue weighted by molar-refractivity contribution is 5.62. The number of anilines is 2. The van der Waals surface area contributed by atoms with Crippen molar-refractivity contribution in [1.82, 2.24) is 10.2 Å². The number of carboxylic acid groups (broad SMARTS) is 1. The van der Waals surface area contributed by atoms with Crippen molar-refractivity contribution in [3.8, 4) is 5.88 Å². The average Bonchev–Trinajstić information content (AvgIpc) is 2.66. The van der Waals surface area contributed by atoms with Crippen LogP contribution in [-0.4, -0.2) is 21.5 Å². The molecule has 2 rings (SSSR count). The van der Waals surface area contributed by atoms with Gasteiger partial charge in [-0.25, -0.2) is 9.89 Å². The maximum absolute atomic E-state index is 10.2. The summed E-state index contributed by atoms with van der Waals surface area (Å²) in [5, 5.41) is 17.6. The summed E-state index contributed by atoms with van der Waals surface area (Å²) in [6.07, 6.45) is -1.38. The van der Waals surface area contributed by atoms with Crippen LogP contribution in [0.3, 0.4) is 0 Å². The number of aromatic amines is 1. The topological polar surface area (TPSA) is 87.2 Å². The molecule has 0 unspecified atom stereocenters. The molecular weight excluding hydrogens is 210 g/mol. The van der Waals surface area contributed by atoms with Crippen LogP contribution >= 0.6 is 0 Å². The van der Waals surface area contributed by atoms with E-state index in [1.165, 1.54) is 6.07 Å². The molecule has 0 aliphatic carbocycles. The molecule has 0 saturated heterocycles. The summed E-state index contributed by atoms with van der Waals surface area (Å²) in [6.45, 7) is 0. The van der Waals surface area contributed by atoms with Gasteiger partial charge in [-0.2, -0.15) is 5.10 Å². The third-order valence-electron chi connectivity index (χ3n) is 1.80. The number of nitrogens with one attached hydrogen (secondary N) is 2. The Kier molecular flexibility index (Phi) is 2.73. The molecule has 0 aliphatic rings. The molecule has 0 fully saturated rings. The zero-order valence-electron chi connectivity index (χ0n) is 8.18. The molecule has 6 heteroatoms. The molecule has 0 bridgehead atoms. The van der Waals surface area contributed by atoms with Gasteiger partial charge in [-0.15, -0.1) is 0 Å². The van der Waals surface area contributed by atoms with Gasteiger partial charge >= 0.3 is 6.16 Å². The largest absolute Gasteiger partial charge is 0.512 e. The highest BCUT2D eigenvalue weighted by Crippen LogP contribution is 2.17. The number of para-hydroxylation sites is 1. The quantitative estimate of drug-likeness (QED) is 0.689. The molecular formula is C10H9N3O3. The molecule has 6 nitrogen and oxygen atoms in total. The van der Waals surface area contributed by atoms with E-state index in [1.54, 1.807) is 0 Å². The molecule has 3 N–H and O–H groups in total. The van der Waals surface area contributed by atoms with Crippen molar-refractivity contribution in [2.45, 2.75) is 0 Å². The zero-order valence-corrected chi connectivity index (χ0v) is 8.18. The van der Waals surface area contributed by atoms with Crippen LogP contribution in [0.1, 0.15) is 0 Å². The van der Waals surface area contributed by atoms with Crippen LogP contribution < -0.4 is 10.1 Å². The first kappa shape index (κ1) is 10.0. The smallest absolute Gasteiger partial charge is 0.449 e. The molecule has 0 spiro atoms. The van der Waals surface area contributed by atoms with E-state index in [0.717, 1.165) is 5.69 Å². The van der Waals surface area contributed by atoms with Gasteiger partial charge in [-0.3, -0.25) is 0 Å². The molecule has 2 aromatic rings. The molecule has 16 heavy (non-hydrogen) atoms. The molecule has 1 aromatic carbocycles. The number of ether oxygens (including phenoxy) is 1. The van der Waals surface area contributed by atoms with Gasteiger partial charge in [0.2, 0.25) is 5.88 Å². The zero-order chi connectivity index (χ0) is 11.4. The number of aromatic nitrogens is 2. The lowest BCUT2D eigenvalue weighted by atomic mass is 10.3. The lowest BCUT2D eigenvalue weighted by Gasteiger charge is -2.00. The Morgan fingerprint density at radius 2 is 2.12 bits per heavy atom. The number of hydrogen-bond donors (Lipinski definition) is 3. The number of hydrogen-bond acceptors (Lipinski definition) is 4. The third kappa shape index (κ3) is 2.50. The van der Waals surface area contributed by atoms with Crippen LogP contribution in [-0.2, 0) is 0 Å². The van der Waals surface area contributed by atoms with Gasteiger partial charge in [0, 0.05) is 11.8 Å². The van der Waals surface area contributed by atoms with E-state index in [0.29, 0.717) is 5.82 Å². The minimum atomic E-state index is -1.38. The molecule has 0 aliphatic heterocycles. The second-order valence-electron chi connectivity index (χ2n) is 2.98. The summed E-state index contributed by atoms with van der Waals surface area (Å²) in [7, 11) is 0. The summed E-state index contributed by atoms with van der Waals surface area (Å²) in [4.78, 5) is 10.2. The average molecular weight is 219 g/mol. The van der Waals surface area contributed by atoms with E-state index in [2.05, 4.69) is 20.3 Å². The number of nitrogens with zero attached hydrogens (tertiary/aromatic N) is 1. The predicted octanol–water partition coefficient (Wildman–Crippen LogP) is 2.21. The van der Waals surface area contributed by atoms with E-state index in [1.807, 2.05) is 30.3 Å². The predicted molar refractivity (Wildman–Crippen MR) is 57.0 cm³/mol. The molecule has 0 saturated carbocycles. The molecule has 0 amide bonds. The van der Waals surface area contributed by atoms with Gasteiger partial charge in [-0.1, -0.05) is 18.2 Å². The van der Waals surface area contributed by atoms with Gasteiger partial charge in [0.25, 0.3) is 0 Å². The van der Waals surface area contributed by atoms with Crippen molar-refractivity contribution >= 4 is 17.7 Å². The van der Waals surface area contributed by atoms with Crippen LogP contribution in [0.4, 0.5) is 16.3 Å². The van der Waals surface area contributed by atoms with E-state index in [-0.39, 0.29) is 5.88 Å². The first-order valence-electron chi connectivity index (χ1n) is 4.52. The SMILES string of the molecule is O=C(O)Oc1cc(Nc2ccccc2)n[nH]1. The summed E-state index contributed by atoms with van der Waals surface area (Å²) in [5.41, 5.74) is 0.857. The number of H-pyrrole nitrogens is 1. The van der Waals surface area contributed by atoms with Crippen LogP contribution in [0, 0.1) is 0 Å². The highest BCUT2D eigenvalue weighted by atomic mass is 16.7. The Labute approximate surface area is 90.9 Å². The Morgan fingerprint density at radius 3 is 2.81 bits per heavy atom. The minimum Gasteiger partial charge on any atom is -0.449 e. The van der Waals surface area contributed by atoms with Gasteiger partial charge in [-0.05, 0) is 12.1 Å². The molecule has 0 atom stereocenters. The van der Waals surface area contributed by atoms with E-state index in [4.69, 9.17) is 5.11 Å². The minimum absolute atomic E-state index is 0.0749. The van der Waals surface area contributed by atoms with Crippen molar-refractivity contribution in [3.63, 3.8) is 0 Å². The van der Waals surface area contributed by atoms with Crippen LogP contribution in [0.15, 0.2) is 36.4 Å². The Morgan fingerprint density at radius 1 is 1.38 bits per heavy atom. The van der Waals surface area contributed by atoms with Crippen LogP contribution in [0.5, 0.6) is 5.88 Å². The van der Waals surface area contributed by atoms with Crippen molar-refractivity contribution in [2.24, 2.45) is 0 Å². The first-order valence-corrected chi connectivity index (χ1v) is 4.52. The van der Waals surface area contributed by atoms with Crippen molar-refractivity contribution in [1.29, 1.82) is 0 Å². The molecule has 1 aromatic heterocycles. The second kappa shape index (κ2) is 4.35. The van der Waals surface area contributed by atoms with Gasteiger partial charge in [0.1, 0.15) is 0 Å². The van der Waals surface area contributed by atoms with Gasteiger partial charge < -0.3 is 15.2 Å². The summed E-state index contributed by atoms with van der Waals surface area (Å²) in [5.74, 6) is 0.563. The van der Waals surface area contributed by atoms with E-state index >= 15 is 0 Å². The third-order valence-corrected chi connectivity index (χ3v) is 1.80. The Balaban J connectivity index is 2.06. The molecule has 0 radical (unpaired) electrons. The fourth-order valence-corrected chi connectivity index (χ4v) is 1.18. The summed E-state index contributed by atoms with van der Waals surface area (Å²) < 4.78 is 4.39. The lowest BCUT2D eigenvalue weighted by Crippen LogP contribution is -2.02. The maximum atomic E-state index is 10.2. The molecule has 82 valence electrons. The van der Waals surface area contributed by atoms with Gasteiger partial charge in [0.15, 0.2) is 5.82 Å². The highest BCUT2D eigenvalue weighted by Gasteiger charge is 2.05. The monoisotopic (exact) mass is 219 g/mol. The first-order chi connectivity index (χ1) is 7.74. The number of benzene rings is 1. The van der Waals surface area contributed by atoms with Crippen molar-refractivity contribution in [2.75, 3.05) is 5.32 Å². The fourth-order valence-electron chi connectivity index (χ4n) is 1.18.